The number of carboxylic acid groups (broad SMARTS) is 1. The van der Waals surface area contributed by atoms with Gasteiger partial charge in [0.1, 0.15) is 6.61 Å². The lowest BCUT2D eigenvalue weighted by molar-refractivity contribution is 0.0693. The molecule has 0 aliphatic heterocycles. The van der Waals surface area contributed by atoms with Crippen molar-refractivity contribution in [3.8, 4) is 5.88 Å². The summed E-state index contributed by atoms with van der Waals surface area (Å²) < 4.78 is 32.6. The van der Waals surface area contributed by atoms with Crippen LogP contribution in [0.2, 0.25) is 0 Å². The molecule has 2 aromatic rings. The van der Waals surface area contributed by atoms with Crippen molar-refractivity contribution in [1.82, 2.24) is 9.78 Å². The quantitative estimate of drug-likeness (QED) is 0.915. The van der Waals surface area contributed by atoms with Crippen LogP contribution in [0.1, 0.15) is 27.9 Å². The summed E-state index contributed by atoms with van der Waals surface area (Å²) >= 11 is 0. The monoisotopic (exact) mass is 282 g/mol. The molecule has 0 radical (unpaired) electrons. The van der Waals surface area contributed by atoms with Crippen LogP contribution in [0.4, 0.5) is 8.78 Å². The second-order valence-corrected chi connectivity index (χ2v) is 4.10. The van der Waals surface area contributed by atoms with Gasteiger partial charge in [0, 0.05) is 30.4 Å². The minimum absolute atomic E-state index is 0.0411. The molecule has 0 atom stereocenters. The minimum atomic E-state index is -2.77. The van der Waals surface area contributed by atoms with Gasteiger partial charge in [-0.1, -0.05) is 12.1 Å². The molecule has 106 valence electrons. The summed E-state index contributed by atoms with van der Waals surface area (Å²) in [7, 11) is 1.68. The second-order valence-electron chi connectivity index (χ2n) is 4.10. The molecule has 5 nitrogen and oxygen atoms in total. The summed E-state index contributed by atoms with van der Waals surface area (Å²) in [5.74, 6) is -1.03. The van der Waals surface area contributed by atoms with Gasteiger partial charge in [0.05, 0.1) is 5.56 Å². The van der Waals surface area contributed by atoms with Gasteiger partial charge in [-0.15, -0.1) is 5.10 Å². The SMILES string of the molecule is Cn1ccc(OCc2c(C(=O)O)cccc2C(F)F)n1. The number of aromatic nitrogens is 2. The molecule has 1 aromatic heterocycles. The number of hydrogen-bond donors (Lipinski definition) is 1. The molecule has 0 spiro atoms. The Morgan fingerprint density at radius 1 is 1.45 bits per heavy atom. The highest BCUT2D eigenvalue weighted by atomic mass is 19.3. The molecule has 2 rings (SSSR count). The van der Waals surface area contributed by atoms with E-state index in [1.807, 2.05) is 0 Å². The number of ether oxygens (including phenoxy) is 1. The first-order valence-corrected chi connectivity index (χ1v) is 5.74. The summed E-state index contributed by atoms with van der Waals surface area (Å²) in [5, 5.41) is 13.0. The van der Waals surface area contributed by atoms with Crippen LogP contribution in [0, 0.1) is 0 Å². The van der Waals surface area contributed by atoms with Crippen LogP contribution in [0.25, 0.3) is 0 Å². The fourth-order valence-corrected chi connectivity index (χ4v) is 1.79. The van der Waals surface area contributed by atoms with Crippen LogP contribution in [-0.2, 0) is 13.7 Å². The van der Waals surface area contributed by atoms with Crippen LogP contribution in [0.5, 0.6) is 5.88 Å². The number of aromatic carboxylic acids is 1. The molecule has 0 aliphatic carbocycles. The first-order valence-electron chi connectivity index (χ1n) is 5.74. The summed E-state index contributed by atoms with van der Waals surface area (Å²) in [6, 6.07) is 5.31. The first-order chi connectivity index (χ1) is 9.49. The maximum absolute atomic E-state index is 12.9. The predicted octanol–water partition coefficient (Wildman–Crippen LogP) is 2.63. The van der Waals surface area contributed by atoms with Crippen molar-refractivity contribution < 1.29 is 23.4 Å². The summed E-state index contributed by atoms with van der Waals surface area (Å²) in [6.07, 6.45) is -1.14. The number of rotatable bonds is 5. The molecule has 0 bridgehead atoms. The Morgan fingerprint density at radius 2 is 2.20 bits per heavy atom. The lowest BCUT2D eigenvalue weighted by Gasteiger charge is -2.12. The van der Waals surface area contributed by atoms with Gasteiger partial charge in [-0.2, -0.15) is 0 Å². The third kappa shape index (κ3) is 2.93. The van der Waals surface area contributed by atoms with Crippen LogP contribution in [0.15, 0.2) is 30.5 Å². The number of hydrogen-bond acceptors (Lipinski definition) is 3. The Labute approximate surface area is 113 Å². The average molecular weight is 282 g/mol. The topological polar surface area (TPSA) is 64.3 Å². The Bertz CT molecular complexity index is 626. The zero-order chi connectivity index (χ0) is 14.7. The van der Waals surface area contributed by atoms with Gasteiger partial charge in [0.2, 0.25) is 5.88 Å². The molecule has 0 aliphatic rings. The fraction of sp³-hybridized carbons (Fsp3) is 0.231. The maximum atomic E-state index is 12.9. The van der Waals surface area contributed by atoms with E-state index in [0.717, 1.165) is 0 Å². The molecule has 7 heteroatoms. The van der Waals surface area contributed by atoms with E-state index in [1.165, 1.54) is 22.9 Å². The Kier molecular flexibility index (Phi) is 3.97. The highest BCUT2D eigenvalue weighted by Gasteiger charge is 2.20. The highest BCUT2D eigenvalue weighted by molar-refractivity contribution is 5.89. The smallest absolute Gasteiger partial charge is 0.336 e. The third-order valence-electron chi connectivity index (χ3n) is 2.73. The minimum Gasteiger partial charge on any atom is -0.478 e. The highest BCUT2D eigenvalue weighted by Crippen LogP contribution is 2.26. The standard InChI is InChI=1S/C13H12F2N2O3/c1-17-6-5-11(16-17)20-7-10-8(12(14)15)3-2-4-9(10)13(18)19/h2-6,12H,7H2,1H3,(H,18,19). The molecule has 1 heterocycles. The molecule has 1 N–H and O–H groups in total. The molecule has 0 saturated carbocycles. The molecule has 0 unspecified atom stereocenters. The number of aryl methyl sites for hydroxylation is 1. The average Bonchev–Trinajstić information content (AvgIpc) is 2.81. The molecule has 0 fully saturated rings. The van der Waals surface area contributed by atoms with E-state index < -0.39 is 12.4 Å². The van der Waals surface area contributed by atoms with Crippen molar-refractivity contribution >= 4 is 5.97 Å². The maximum Gasteiger partial charge on any atom is 0.336 e. The van der Waals surface area contributed by atoms with Crippen molar-refractivity contribution in [2.45, 2.75) is 13.0 Å². The lowest BCUT2D eigenvalue weighted by atomic mass is 10.0. The number of nitrogens with zero attached hydrogens (tertiary/aromatic N) is 2. The number of carboxylic acids is 1. The van der Waals surface area contributed by atoms with E-state index in [1.54, 1.807) is 19.3 Å². The van der Waals surface area contributed by atoms with Gasteiger partial charge >= 0.3 is 5.97 Å². The van der Waals surface area contributed by atoms with Gasteiger partial charge in [-0.05, 0) is 6.07 Å². The molecular weight excluding hydrogens is 270 g/mol. The zero-order valence-electron chi connectivity index (χ0n) is 10.6. The largest absolute Gasteiger partial charge is 0.478 e. The molecular formula is C13H12F2N2O3. The van der Waals surface area contributed by atoms with Gasteiger partial charge < -0.3 is 9.84 Å². The van der Waals surface area contributed by atoms with E-state index in [4.69, 9.17) is 9.84 Å². The number of benzene rings is 1. The Balaban J connectivity index is 2.30. The van der Waals surface area contributed by atoms with Crippen LogP contribution in [-0.4, -0.2) is 20.9 Å². The number of alkyl halides is 2. The predicted molar refractivity (Wildman–Crippen MR) is 65.9 cm³/mol. The van der Waals surface area contributed by atoms with Gasteiger partial charge in [-0.25, -0.2) is 13.6 Å². The second kappa shape index (κ2) is 5.68. The van der Waals surface area contributed by atoms with Crippen molar-refractivity contribution in [2.24, 2.45) is 7.05 Å². The van der Waals surface area contributed by atoms with Crippen LogP contribution in [0.3, 0.4) is 0 Å². The summed E-state index contributed by atoms with van der Waals surface area (Å²) in [4.78, 5) is 11.1. The molecule has 0 amide bonds. The van der Waals surface area contributed by atoms with Crippen LogP contribution >= 0.6 is 0 Å². The summed E-state index contributed by atoms with van der Waals surface area (Å²) in [6.45, 7) is -0.279. The van der Waals surface area contributed by atoms with Crippen molar-refractivity contribution in [2.75, 3.05) is 0 Å². The first kappa shape index (κ1) is 14.0. The molecule has 20 heavy (non-hydrogen) atoms. The van der Waals surface area contributed by atoms with E-state index in [0.29, 0.717) is 0 Å². The number of carbonyl (C=O) groups is 1. The number of halogens is 2. The Morgan fingerprint density at radius 3 is 2.75 bits per heavy atom. The zero-order valence-corrected chi connectivity index (χ0v) is 10.6. The lowest BCUT2D eigenvalue weighted by Crippen LogP contribution is -2.09. The van der Waals surface area contributed by atoms with E-state index in [2.05, 4.69) is 5.10 Å². The van der Waals surface area contributed by atoms with E-state index >= 15 is 0 Å². The van der Waals surface area contributed by atoms with Gasteiger partial charge in [0.25, 0.3) is 6.43 Å². The van der Waals surface area contributed by atoms with Gasteiger partial charge in [0.15, 0.2) is 0 Å². The Hall–Kier alpha value is -2.44. The van der Waals surface area contributed by atoms with E-state index in [-0.39, 0.29) is 29.2 Å². The fourth-order valence-electron chi connectivity index (χ4n) is 1.79. The summed E-state index contributed by atoms with van der Waals surface area (Å²) in [5.41, 5.74) is -0.583. The van der Waals surface area contributed by atoms with Gasteiger partial charge in [-0.3, -0.25) is 4.68 Å². The molecule has 1 aromatic carbocycles. The third-order valence-corrected chi connectivity index (χ3v) is 2.73. The molecule has 0 saturated heterocycles. The normalized spacial score (nSPS) is 10.8. The van der Waals surface area contributed by atoms with E-state index in [9.17, 15) is 13.6 Å². The van der Waals surface area contributed by atoms with Crippen molar-refractivity contribution in [3.63, 3.8) is 0 Å². The van der Waals surface area contributed by atoms with Crippen LogP contribution < -0.4 is 4.74 Å². The van der Waals surface area contributed by atoms with Crippen molar-refractivity contribution in [1.29, 1.82) is 0 Å². The van der Waals surface area contributed by atoms with Crippen molar-refractivity contribution in [3.05, 3.63) is 47.2 Å².